The van der Waals surface area contributed by atoms with Crippen molar-refractivity contribution in [3.63, 3.8) is 0 Å². The second-order valence-corrected chi connectivity index (χ2v) is 4.43. The number of primary amides is 1. The van der Waals surface area contributed by atoms with E-state index in [-0.39, 0.29) is 6.42 Å². The number of carboxylic acids is 1. The molecule has 98 valence electrons. The van der Waals surface area contributed by atoms with E-state index in [1.807, 2.05) is 31.2 Å². The van der Waals surface area contributed by atoms with E-state index < -0.39 is 17.8 Å². The predicted molar refractivity (Wildman–Crippen MR) is 70.7 cm³/mol. The molecule has 5 nitrogen and oxygen atoms in total. The number of carbonyl (C=O) groups excluding carboxylic acids is 1. The van der Waals surface area contributed by atoms with Gasteiger partial charge in [0, 0.05) is 5.39 Å². The molecule has 0 spiro atoms. The van der Waals surface area contributed by atoms with Crippen LogP contribution in [-0.4, -0.2) is 22.0 Å². The molecule has 1 unspecified atom stereocenters. The molecule has 0 saturated heterocycles. The lowest BCUT2D eigenvalue weighted by Crippen LogP contribution is -2.24. The van der Waals surface area contributed by atoms with Gasteiger partial charge < -0.3 is 10.8 Å². The highest BCUT2D eigenvalue weighted by Crippen LogP contribution is 2.24. The maximum Gasteiger partial charge on any atom is 0.304 e. The minimum absolute atomic E-state index is 0.347. The molecular formula is C14H14N2O3. The summed E-state index contributed by atoms with van der Waals surface area (Å²) in [7, 11) is 0. The topological polar surface area (TPSA) is 93.3 Å². The number of aryl methyl sites for hydroxylation is 1. The van der Waals surface area contributed by atoms with Crippen LogP contribution in [0.4, 0.5) is 0 Å². The van der Waals surface area contributed by atoms with Crippen LogP contribution in [0.15, 0.2) is 30.3 Å². The summed E-state index contributed by atoms with van der Waals surface area (Å²) in [5.41, 5.74) is 7.35. The quantitative estimate of drug-likeness (QED) is 0.870. The lowest BCUT2D eigenvalue weighted by Gasteiger charge is -2.12. The normalized spacial score (nSPS) is 12.3. The molecule has 0 aliphatic heterocycles. The Morgan fingerprint density at radius 3 is 2.68 bits per heavy atom. The fourth-order valence-corrected chi connectivity index (χ4v) is 2.08. The highest BCUT2D eigenvalue weighted by atomic mass is 16.4. The van der Waals surface area contributed by atoms with Crippen molar-refractivity contribution in [3.8, 4) is 0 Å². The van der Waals surface area contributed by atoms with E-state index in [0.29, 0.717) is 5.69 Å². The number of hydrogen-bond donors (Lipinski definition) is 2. The summed E-state index contributed by atoms with van der Waals surface area (Å²) in [6.45, 7) is 1.90. The Balaban J connectivity index is 2.54. The van der Waals surface area contributed by atoms with Crippen LogP contribution in [0.3, 0.4) is 0 Å². The van der Waals surface area contributed by atoms with E-state index in [9.17, 15) is 9.59 Å². The summed E-state index contributed by atoms with van der Waals surface area (Å²) in [6, 6.07) is 9.22. The van der Waals surface area contributed by atoms with Crippen molar-refractivity contribution in [1.82, 2.24) is 4.98 Å². The van der Waals surface area contributed by atoms with Gasteiger partial charge in [0.2, 0.25) is 5.91 Å². The molecule has 0 aliphatic rings. The zero-order chi connectivity index (χ0) is 14.0. The van der Waals surface area contributed by atoms with Crippen LogP contribution in [0.25, 0.3) is 10.9 Å². The highest BCUT2D eigenvalue weighted by Gasteiger charge is 2.23. The zero-order valence-corrected chi connectivity index (χ0v) is 10.5. The Hall–Kier alpha value is -2.43. The van der Waals surface area contributed by atoms with Gasteiger partial charge in [-0.15, -0.1) is 0 Å². The number of para-hydroxylation sites is 1. The van der Waals surface area contributed by atoms with Crippen molar-refractivity contribution in [2.45, 2.75) is 19.3 Å². The van der Waals surface area contributed by atoms with Gasteiger partial charge in [0.15, 0.2) is 0 Å². The fraction of sp³-hybridized carbons (Fsp3) is 0.214. The van der Waals surface area contributed by atoms with Gasteiger partial charge in [-0.1, -0.05) is 18.2 Å². The van der Waals surface area contributed by atoms with Crippen LogP contribution in [0.5, 0.6) is 0 Å². The monoisotopic (exact) mass is 258 g/mol. The smallest absolute Gasteiger partial charge is 0.304 e. The Bertz CT molecular complexity index is 652. The minimum Gasteiger partial charge on any atom is -0.481 e. The largest absolute Gasteiger partial charge is 0.481 e. The molecule has 3 N–H and O–H groups in total. The number of hydrogen-bond acceptors (Lipinski definition) is 3. The Morgan fingerprint density at radius 1 is 1.37 bits per heavy atom. The van der Waals surface area contributed by atoms with E-state index >= 15 is 0 Å². The van der Waals surface area contributed by atoms with Gasteiger partial charge in [-0.25, -0.2) is 0 Å². The van der Waals surface area contributed by atoms with Gasteiger partial charge in [0.25, 0.3) is 0 Å². The number of aliphatic carboxylic acids is 1. The maximum atomic E-state index is 11.4. The first kappa shape index (κ1) is 13.0. The SMILES string of the molecule is Cc1cc(C(CC(=O)O)C(N)=O)nc2ccccc12. The van der Waals surface area contributed by atoms with Crippen LogP contribution in [0.1, 0.15) is 23.6 Å². The van der Waals surface area contributed by atoms with Gasteiger partial charge in [0.1, 0.15) is 0 Å². The number of nitrogens with zero attached hydrogens (tertiary/aromatic N) is 1. The molecule has 0 aliphatic carbocycles. The number of nitrogens with two attached hydrogens (primary N) is 1. The molecule has 1 amide bonds. The van der Waals surface area contributed by atoms with Crippen LogP contribution in [0.2, 0.25) is 0 Å². The average Bonchev–Trinajstić information content (AvgIpc) is 2.35. The van der Waals surface area contributed by atoms with E-state index in [0.717, 1.165) is 16.5 Å². The number of aromatic nitrogens is 1. The van der Waals surface area contributed by atoms with E-state index in [1.165, 1.54) is 0 Å². The first-order valence-corrected chi connectivity index (χ1v) is 5.86. The second kappa shape index (κ2) is 5.06. The van der Waals surface area contributed by atoms with Crippen LogP contribution < -0.4 is 5.73 Å². The molecule has 0 saturated carbocycles. The van der Waals surface area contributed by atoms with E-state index in [1.54, 1.807) is 6.07 Å². The summed E-state index contributed by atoms with van der Waals surface area (Å²) in [5.74, 6) is -2.65. The number of rotatable bonds is 4. The van der Waals surface area contributed by atoms with Gasteiger partial charge in [-0.3, -0.25) is 14.6 Å². The fourth-order valence-electron chi connectivity index (χ4n) is 2.08. The third-order valence-electron chi connectivity index (χ3n) is 3.02. The molecule has 2 aromatic rings. The summed E-state index contributed by atoms with van der Waals surface area (Å²) >= 11 is 0. The molecule has 5 heteroatoms. The van der Waals surface area contributed by atoms with Crippen molar-refractivity contribution < 1.29 is 14.7 Å². The summed E-state index contributed by atoms with van der Waals surface area (Å²) in [5, 5.41) is 9.82. The molecular weight excluding hydrogens is 244 g/mol. The zero-order valence-electron chi connectivity index (χ0n) is 10.5. The predicted octanol–water partition coefficient (Wildman–Crippen LogP) is 1.59. The van der Waals surface area contributed by atoms with Crippen LogP contribution in [-0.2, 0) is 9.59 Å². The maximum absolute atomic E-state index is 11.4. The van der Waals surface area contributed by atoms with Crippen molar-refractivity contribution in [3.05, 3.63) is 41.6 Å². The van der Waals surface area contributed by atoms with Gasteiger partial charge in [-0.05, 0) is 24.6 Å². The number of amides is 1. The second-order valence-electron chi connectivity index (χ2n) is 4.43. The first-order chi connectivity index (χ1) is 8.99. The lowest BCUT2D eigenvalue weighted by atomic mass is 9.97. The van der Waals surface area contributed by atoms with Gasteiger partial charge >= 0.3 is 5.97 Å². The molecule has 1 aromatic heterocycles. The molecule has 2 rings (SSSR count). The number of pyridine rings is 1. The van der Waals surface area contributed by atoms with Crippen molar-refractivity contribution >= 4 is 22.8 Å². The number of carbonyl (C=O) groups is 2. The molecule has 0 radical (unpaired) electrons. The Morgan fingerprint density at radius 2 is 2.05 bits per heavy atom. The third-order valence-corrected chi connectivity index (χ3v) is 3.02. The Labute approximate surface area is 110 Å². The summed E-state index contributed by atoms with van der Waals surface area (Å²) in [4.78, 5) is 26.5. The van der Waals surface area contributed by atoms with Crippen molar-refractivity contribution in [2.24, 2.45) is 5.73 Å². The van der Waals surface area contributed by atoms with Gasteiger partial charge in [0.05, 0.1) is 23.5 Å². The van der Waals surface area contributed by atoms with Crippen LogP contribution in [0, 0.1) is 6.92 Å². The average molecular weight is 258 g/mol. The number of benzene rings is 1. The molecule has 1 aromatic carbocycles. The lowest BCUT2D eigenvalue weighted by molar-refractivity contribution is -0.139. The third kappa shape index (κ3) is 2.70. The standard InChI is InChI=1S/C14H14N2O3/c1-8-6-12(10(14(15)19)7-13(17)18)16-11-5-3-2-4-9(8)11/h2-6,10H,7H2,1H3,(H2,15,19)(H,17,18). The highest BCUT2D eigenvalue weighted by molar-refractivity contribution is 5.88. The molecule has 1 heterocycles. The summed E-state index contributed by atoms with van der Waals surface area (Å²) < 4.78 is 0. The first-order valence-electron chi connectivity index (χ1n) is 5.86. The molecule has 1 atom stereocenters. The van der Waals surface area contributed by atoms with Crippen LogP contribution >= 0.6 is 0 Å². The van der Waals surface area contributed by atoms with Gasteiger partial charge in [-0.2, -0.15) is 0 Å². The molecule has 19 heavy (non-hydrogen) atoms. The Kier molecular flexibility index (Phi) is 3.46. The minimum atomic E-state index is -1.07. The van der Waals surface area contributed by atoms with E-state index in [4.69, 9.17) is 10.8 Å². The number of fused-ring (bicyclic) bond motifs is 1. The van der Waals surface area contributed by atoms with Crippen molar-refractivity contribution in [2.75, 3.05) is 0 Å². The van der Waals surface area contributed by atoms with Crippen molar-refractivity contribution in [1.29, 1.82) is 0 Å². The van der Waals surface area contributed by atoms with E-state index in [2.05, 4.69) is 4.98 Å². The number of carboxylic acid groups (broad SMARTS) is 1. The molecule has 0 fully saturated rings. The molecule has 0 bridgehead atoms. The summed E-state index contributed by atoms with van der Waals surface area (Å²) in [6.07, 6.45) is -0.347.